The highest BCUT2D eigenvalue weighted by Crippen LogP contribution is 2.28. The van der Waals surface area contributed by atoms with Crippen LogP contribution in [0.1, 0.15) is 26.2 Å². The Morgan fingerprint density at radius 2 is 2.00 bits per heavy atom. The van der Waals surface area contributed by atoms with Crippen molar-refractivity contribution < 1.29 is 14.6 Å². The lowest BCUT2D eigenvalue weighted by atomic mass is 10.2. The lowest BCUT2D eigenvalue weighted by molar-refractivity contribution is 0.0901. The Labute approximate surface area is 105 Å². The van der Waals surface area contributed by atoms with Crippen molar-refractivity contribution in [1.82, 2.24) is 4.40 Å². The quantitative estimate of drug-likeness (QED) is 0.563. The van der Waals surface area contributed by atoms with E-state index in [4.69, 9.17) is 5.11 Å². The van der Waals surface area contributed by atoms with Crippen LogP contribution in [0.15, 0.2) is 30.5 Å². The van der Waals surface area contributed by atoms with Gasteiger partial charge in [0.25, 0.3) is 0 Å². The zero-order chi connectivity index (χ0) is 13.0. The van der Waals surface area contributed by atoms with Gasteiger partial charge in [-0.1, -0.05) is 25.8 Å². The Kier molecular flexibility index (Phi) is 3.87. The summed E-state index contributed by atoms with van der Waals surface area (Å²) in [6, 6.07) is 8.53. The molecule has 1 aromatic carbocycles. The second kappa shape index (κ2) is 5.58. The number of unbranched alkanes of at least 4 members (excludes halogenated alkanes) is 2. The second-order valence-corrected chi connectivity index (χ2v) is 4.22. The average molecular weight is 247 g/mol. The topological polar surface area (TPSA) is 50.9 Å². The van der Waals surface area contributed by atoms with E-state index in [1.165, 1.54) is 16.4 Å². The van der Waals surface area contributed by atoms with Crippen LogP contribution in [0.25, 0.3) is 16.4 Å². The smallest absolute Gasteiger partial charge is 0.450 e. The van der Waals surface area contributed by atoms with Crippen LogP contribution in [0.2, 0.25) is 0 Å². The van der Waals surface area contributed by atoms with E-state index in [1.807, 2.05) is 0 Å². The molecule has 4 aromatic heterocycles. The molecule has 5 aromatic rings. The molecule has 0 amide bonds. The summed E-state index contributed by atoms with van der Waals surface area (Å²) >= 11 is 0. The summed E-state index contributed by atoms with van der Waals surface area (Å²) < 4.78 is 6.46. The number of aromatic nitrogens is 1. The summed E-state index contributed by atoms with van der Waals surface area (Å²) in [6.07, 6.45) is 3.89. The van der Waals surface area contributed by atoms with Crippen molar-refractivity contribution in [1.29, 1.82) is 0 Å². The van der Waals surface area contributed by atoms with Gasteiger partial charge in [-0.05, 0) is 24.6 Å². The van der Waals surface area contributed by atoms with Crippen molar-refractivity contribution in [2.45, 2.75) is 26.2 Å². The minimum Gasteiger partial charge on any atom is -0.450 e. The minimum atomic E-state index is -1.17. The molecular weight excluding hydrogens is 230 g/mol. The molecular formula is C14H17NO3. The molecule has 0 aliphatic rings. The molecule has 0 unspecified atom stereocenters. The van der Waals surface area contributed by atoms with E-state index in [2.05, 4.69) is 46.5 Å². The van der Waals surface area contributed by atoms with Gasteiger partial charge in [-0.2, -0.15) is 0 Å². The van der Waals surface area contributed by atoms with Gasteiger partial charge in [-0.15, -0.1) is 0 Å². The van der Waals surface area contributed by atoms with Crippen molar-refractivity contribution >= 4 is 22.6 Å². The molecule has 0 saturated carbocycles. The first-order valence-electron chi connectivity index (χ1n) is 6.20. The van der Waals surface area contributed by atoms with E-state index >= 15 is 0 Å². The van der Waals surface area contributed by atoms with E-state index in [0.29, 0.717) is 6.61 Å². The summed E-state index contributed by atoms with van der Waals surface area (Å²) in [5, 5.41) is 9.40. The van der Waals surface area contributed by atoms with Crippen LogP contribution in [-0.2, 0) is 4.74 Å². The highest BCUT2D eigenvalue weighted by atomic mass is 16.7. The number of rotatable bonds is 4. The second-order valence-electron chi connectivity index (χ2n) is 4.22. The normalized spacial score (nSPS) is 10.7. The third kappa shape index (κ3) is 2.47. The monoisotopic (exact) mass is 247 g/mol. The fourth-order valence-electron chi connectivity index (χ4n) is 2.03. The summed E-state index contributed by atoms with van der Waals surface area (Å²) in [4.78, 5) is 9.74. The molecule has 96 valence electrons. The van der Waals surface area contributed by atoms with Gasteiger partial charge in [0.1, 0.15) is 0 Å². The molecule has 5 rings (SSSR count). The highest BCUT2D eigenvalue weighted by molar-refractivity contribution is 6.03. The van der Waals surface area contributed by atoms with E-state index in [1.54, 1.807) is 0 Å². The molecule has 1 N–H and O–H groups in total. The third-order valence-electron chi connectivity index (χ3n) is 2.94. The van der Waals surface area contributed by atoms with Gasteiger partial charge in [0.2, 0.25) is 0 Å². The largest absolute Gasteiger partial charge is 0.505 e. The molecule has 0 saturated heterocycles. The Bertz CT molecular complexity index is 518. The number of pyridine rings is 1. The van der Waals surface area contributed by atoms with Crippen molar-refractivity contribution in [3.05, 3.63) is 30.5 Å². The molecule has 18 heavy (non-hydrogen) atoms. The lowest BCUT2D eigenvalue weighted by Crippen LogP contribution is -2.00. The van der Waals surface area contributed by atoms with Crippen LogP contribution in [0, 0.1) is 0 Å². The van der Waals surface area contributed by atoms with Crippen molar-refractivity contribution in [3.8, 4) is 0 Å². The maximum absolute atomic E-state index is 9.74. The van der Waals surface area contributed by atoms with Gasteiger partial charge in [0.15, 0.2) is 0 Å². The van der Waals surface area contributed by atoms with E-state index in [-0.39, 0.29) is 0 Å². The van der Waals surface area contributed by atoms with Crippen molar-refractivity contribution in [3.63, 3.8) is 0 Å². The molecule has 0 aliphatic heterocycles. The summed E-state index contributed by atoms with van der Waals surface area (Å²) in [6.45, 7) is 2.39. The van der Waals surface area contributed by atoms with Gasteiger partial charge in [0, 0.05) is 11.6 Å². The predicted molar refractivity (Wildman–Crippen MR) is 70.8 cm³/mol. The fourth-order valence-corrected chi connectivity index (χ4v) is 2.03. The molecule has 4 heterocycles. The number of ether oxygens (including phenoxy) is 1. The highest BCUT2D eigenvalue weighted by Gasteiger charge is 2.08. The maximum atomic E-state index is 9.74. The van der Waals surface area contributed by atoms with Crippen LogP contribution in [0.5, 0.6) is 0 Å². The van der Waals surface area contributed by atoms with Gasteiger partial charge < -0.3 is 14.2 Å². The third-order valence-corrected chi connectivity index (χ3v) is 2.94. The number of nitrogens with zero attached hydrogens (tertiary/aromatic N) is 1. The van der Waals surface area contributed by atoms with Crippen LogP contribution < -0.4 is 0 Å². The Morgan fingerprint density at radius 1 is 1.28 bits per heavy atom. The Hall–Kier alpha value is -1.97. The van der Waals surface area contributed by atoms with Gasteiger partial charge in [-0.3, -0.25) is 0 Å². The van der Waals surface area contributed by atoms with Gasteiger partial charge >= 0.3 is 6.16 Å². The van der Waals surface area contributed by atoms with Crippen LogP contribution in [0.3, 0.4) is 0 Å². The first kappa shape index (κ1) is 12.5. The zero-order valence-corrected chi connectivity index (χ0v) is 10.4. The summed E-state index contributed by atoms with van der Waals surface area (Å²) in [5.74, 6) is 0. The number of fused-ring (bicyclic) bond motifs is 3. The number of hydrogen-bond donors (Lipinski definition) is 1. The van der Waals surface area contributed by atoms with Crippen LogP contribution in [0.4, 0.5) is 4.79 Å². The zero-order valence-electron chi connectivity index (χ0n) is 10.4. The number of carbonyl (C=O) groups is 1. The summed E-state index contributed by atoms with van der Waals surface area (Å²) in [5.41, 5.74) is 2.74. The molecule has 0 atom stereocenters. The van der Waals surface area contributed by atoms with Crippen LogP contribution >= 0.6 is 0 Å². The molecule has 0 radical (unpaired) electrons. The first-order chi connectivity index (χ1) is 8.74. The van der Waals surface area contributed by atoms with Gasteiger partial charge in [0.05, 0.1) is 17.6 Å². The molecule has 0 fully saturated rings. The SMILES string of the molecule is CCCCCOC(=O)O.c1cc2c3ccn2c3c1. The molecule has 0 aliphatic carbocycles. The molecule has 4 heteroatoms. The molecule has 0 spiro atoms. The van der Waals surface area contributed by atoms with E-state index in [9.17, 15) is 4.79 Å². The number of hydrogen-bond acceptors (Lipinski definition) is 2. The van der Waals surface area contributed by atoms with Crippen molar-refractivity contribution in [2.75, 3.05) is 6.61 Å². The van der Waals surface area contributed by atoms with E-state index in [0.717, 1.165) is 19.3 Å². The van der Waals surface area contributed by atoms with Gasteiger partial charge in [-0.25, -0.2) is 4.79 Å². The predicted octanol–water partition coefficient (Wildman–Crippen LogP) is 3.84. The standard InChI is InChI=1S/C8H5N.C6H12O3/c1-2-7-6-4-5-9(7)8(6)3-1;1-2-3-4-5-9-6(7)8/h1-5H;2-5H2,1H3,(H,7,8). The average Bonchev–Trinajstić information content (AvgIpc) is 2.99. The number of carboxylic acid groups (broad SMARTS) is 1. The minimum absolute atomic E-state index is 0.336. The number of benzene rings is 1. The molecule has 4 nitrogen and oxygen atoms in total. The van der Waals surface area contributed by atoms with Crippen molar-refractivity contribution in [2.24, 2.45) is 0 Å². The Morgan fingerprint density at radius 3 is 2.44 bits per heavy atom. The maximum Gasteiger partial charge on any atom is 0.505 e. The Balaban J connectivity index is 0.000000134. The van der Waals surface area contributed by atoms with Crippen LogP contribution in [-0.4, -0.2) is 22.3 Å². The molecule has 4 bridgehead atoms. The van der Waals surface area contributed by atoms with E-state index < -0.39 is 6.16 Å². The fraction of sp³-hybridized carbons (Fsp3) is 0.357. The first-order valence-corrected chi connectivity index (χ1v) is 6.20. The summed E-state index contributed by atoms with van der Waals surface area (Å²) in [7, 11) is 0. The lowest BCUT2D eigenvalue weighted by Gasteiger charge is -2.05.